The minimum absolute atomic E-state index is 0.0668. The van der Waals surface area contributed by atoms with Gasteiger partial charge in [0.25, 0.3) is 0 Å². The van der Waals surface area contributed by atoms with E-state index in [9.17, 15) is 4.79 Å². The van der Waals surface area contributed by atoms with Gasteiger partial charge in [-0.3, -0.25) is 4.79 Å². The molecule has 0 radical (unpaired) electrons. The van der Waals surface area contributed by atoms with Gasteiger partial charge in [-0.2, -0.15) is 0 Å². The van der Waals surface area contributed by atoms with E-state index in [-0.39, 0.29) is 11.8 Å². The van der Waals surface area contributed by atoms with Gasteiger partial charge in [0.2, 0.25) is 5.91 Å². The molecule has 16 heavy (non-hydrogen) atoms. The van der Waals surface area contributed by atoms with E-state index in [1.165, 1.54) is 0 Å². The van der Waals surface area contributed by atoms with E-state index in [4.69, 9.17) is 10.5 Å². The van der Waals surface area contributed by atoms with E-state index in [2.05, 4.69) is 6.92 Å². The monoisotopic (exact) mass is 228 g/mol. The number of carbonyl (C=O) groups is 1. The second-order valence-corrected chi connectivity index (χ2v) is 4.38. The predicted molar refractivity (Wildman–Crippen MR) is 64.1 cm³/mol. The van der Waals surface area contributed by atoms with E-state index in [1.54, 1.807) is 0 Å². The number of hydrogen-bond acceptors (Lipinski definition) is 3. The fourth-order valence-corrected chi connectivity index (χ4v) is 2.03. The Hall–Kier alpha value is -0.610. The summed E-state index contributed by atoms with van der Waals surface area (Å²) in [6.45, 7) is 5.58. The molecule has 0 saturated carbocycles. The van der Waals surface area contributed by atoms with Crippen LogP contribution in [0.1, 0.15) is 32.6 Å². The highest BCUT2D eigenvalue weighted by atomic mass is 16.5. The van der Waals surface area contributed by atoms with Gasteiger partial charge in [-0.15, -0.1) is 0 Å². The van der Waals surface area contributed by atoms with Crippen molar-refractivity contribution in [2.75, 3.05) is 32.8 Å². The van der Waals surface area contributed by atoms with Crippen molar-refractivity contribution in [1.29, 1.82) is 0 Å². The Kier molecular flexibility index (Phi) is 6.42. The van der Waals surface area contributed by atoms with Crippen molar-refractivity contribution in [2.45, 2.75) is 32.6 Å². The largest absolute Gasteiger partial charge is 0.381 e. The van der Waals surface area contributed by atoms with Crippen molar-refractivity contribution in [3.63, 3.8) is 0 Å². The minimum atomic E-state index is 0.0668. The Morgan fingerprint density at radius 2 is 2.31 bits per heavy atom. The highest BCUT2D eigenvalue weighted by Crippen LogP contribution is 2.16. The SMILES string of the molecule is CCCCN(CCN)C(=O)C1CCCOC1. The molecule has 1 rings (SSSR count). The zero-order chi connectivity index (χ0) is 11.8. The molecular weight excluding hydrogens is 204 g/mol. The summed E-state index contributed by atoms with van der Waals surface area (Å²) in [6.07, 6.45) is 4.13. The summed E-state index contributed by atoms with van der Waals surface area (Å²) < 4.78 is 5.36. The molecule has 1 fully saturated rings. The molecule has 1 aliphatic rings. The van der Waals surface area contributed by atoms with Crippen molar-refractivity contribution in [3.05, 3.63) is 0 Å². The van der Waals surface area contributed by atoms with Crippen molar-refractivity contribution in [1.82, 2.24) is 4.90 Å². The molecule has 0 bridgehead atoms. The Morgan fingerprint density at radius 1 is 1.50 bits per heavy atom. The third-order valence-corrected chi connectivity index (χ3v) is 3.00. The summed E-state index contributed by atoms with van der Waals surface area (Å²) in [4.78, 5) is 14.1. The topological polar surface area (TPSA) is 55.6 Å². The zero-order valence-corrected chi connectivity index (χ0v) is 10.3. The number of nitrogens with two attached hydrogens (primary N) is 1. The Bertz CT molecular complexity index is 203. The van der Waals surface area contributed by atoms with Crippen molar-refractivity contribution in [3.8, 4) is 0 Å². The summed E-state index contributed by atoms with van der Waals surface area (Å²) in [7, 11) is 0. The van der Waals surface area contributed by atoms with E-state index < -0.39 is 0 Å². The number of nitrogens with zero attached hydrogens (tertiary/aromatic N) is 1. The van der Waals surface area contributed by atoms with Crippen LogP contribution in [-0.2, 0) is 9.53 Å². The number of unbranched alkanes of at least 4 members (excludes halogenated alkanes) is 1. The first-order valence-corrected chi connectivity index (χ1v) is 6.36. The maximum atomic E-state index is 12.2. The summed E-state index contributed by atoms with van der Waals surface area (Å²) in [5.74, 6) is 0.302. The van der Waals surface area contributed by atoms with Crippen molar-refractivity contribution >= 4 is 5.91 Å². The summed E-state index contributed by atoms with van der Waals surface area (Å²) in [6, 6.07) is 0. The second-order valence-electron chi connectivity index (χ2n) is 4.38. The van der Waals surface area contributed by atoms with Crippen LogP contribution in [0.3, 0.4) is 0 Å². The molecule has 1 aliphatic heterocycles. The lowest BCUT2D eigenvalue weighted by molar-refractivity contribution is -0.139. The first-order valence-electron chi connectivity index (χ1n) is 6.36. The molecule has 1 atom stereocenters. The molecule has 4 nitrogen and oxygen atoms in total. The van der Waals surface area contributed by atoms with Gasteiger partial charge in [-0.25, -0.2) is 0 Å². The molecular formula is C12H24N2O2. The number of amides is 1. The lowest BCUT2D eigenvalue weighted by Crippen LogP contribution is -2.42. The first-order chi connectivity index (χ1) is 7.79. The molecule has 1 heterocycles. The second kappa shape index (κ2) is 7.63. The van der Waals surface area contributed by atoms with Crippen LogP contribution < -0.4 is 5.73 Å². The molecule has 0 aromatic carbocycles. The van der Waals surface area contributed by atoms with Crippen molar-refractivity contribution < 1.29 is 9.53 Å². The molecule has 94 valence electrons. The summed E-state index contributed by atoms with van der Waals surface area (Å²) in [5, 5.41) is 0. The molecule has 1 amide bonds. The highest BCUT2D eigenvalue weighted by Gasteiger charge is 2.25. The van der Waals surface area contributed by atoms with Crippen LogP contribution >= 0.6 is 0 Å². The average Bonchev–Trinajstić information content (AvgIpc) is 2.35. The Labute approximate surface area is 98.1 Å². The lowest BCUT2D eigenvalue weighted by atomic mass is 10.0. The third-order valence-electron chi connectivity index (χ3n) is 3.00. The summed E-state index contributed by atoms with van der Waals surface area (Å²) >= 11 is 0. The molecule has 1 saturated heterocycles. The average molecular weight is 228 g/mol. The fraction of sp³-hybridized carbons (Fsp3) is 0.917. The zero-order valence-electron chi connectivity index (χ0n) is 10.3. The van der Waals surface area contributed by atoms with Gasteiger partial charge in [-0.1, -0.05) is 13.3 Å². The Morgan fingerprint density at radius 3 is 2.88 bits per heavy atom. The molecule has 1 unspecified atom stereocenters. The van der Waals surface area contributed by atoms with Crippen LogP contribution in [-0.4, -0.2) is 43.7 Å². The van der Waals surface area contributed by atoms with Crippen molar-refractivity contribution in [2.24, 2.45) is 11.7 Å². The van der Waals surface area contributed by atoms with Crippen LogP contribution in [0.2, 0.25) is 0 Å². The maximum Gasteiger partial charge on any atom is 0.228 e. The predicted octanol–water partition coefficient (Wildman–Crippen LogP) is 1.00. The molecule has 4 heteroatoms. The molecule has 0 aromatic heterocycles. The van der Waals surface area contributed by atoms with Gasteiger partial charge >= 0.3 is 0 Å². The Balaban J connectivity index is 2.44. The molecule has 0 aliphatic carbocycles. The quantitative estimate of drug-likeness (QED) is 0.738. The normalized spacial score (nSPS) is 20.8. The standard InChI is InChI=1S/C12H24N2O2/c1-2-3-7-14(8-6-13)12(15)11-5-4-9-16-10-11/h11H,2-10,13H2,1H3. The van der Waals surface area contributed by atoms with E-state index in [0.29, 0.717) is 19.7 Å². The van der Waals surface area contributed by atoms with Gasteiger partial charge < -0.3 is 15.4 Å². The van der Waals surface area contributed by atoms with E-state index in [1.807, 2.05) is 4.90 Å². The van der Waals surface area contributed by atoms with E-state index in [0.717, 1.165) is 38.8 Å². The lowest BCUT2D eigenvalue weighted by Gasteiger charge is -2.29. The number of carbonyl (C=O) groups excluding carboxylic acids is 1. The number of ether oxygens (including phenoxy) is 1. The minimum Gasteiger partial charge on any atom is -0.381 e. The van der Waals surface area contributed by atoms with Crippen LogP contribution in [0.5, 0.6) is 0 Å². The number of rotatable bonds is 6. The van der Waals surface area contributed by atoms with Gasteiger partial charge in [-0.05, 0) is 19.3 Å². The number of hydrogen-bond donors (Lipinski definition) is 1. The molecule has 2 N–H and O–H groups in total. The molecule has 0 spiro atoms. The molecule has 0 aromatic rings. The first kappa shape index (κ1) is 13.5. The maximum absolute atomic E-state index is 12.2. The van der Waals surface area contributed by atoms with Gasteiger partial charge in [0.05, 0.1) is 12.5 Å². The van der Waals surface area contributed by atoms with E-state index >= 15 is 0 Å². The fourth-order valence-electron chi connectivity index (χ4n) is 2.03. The van der Waals surface area contributed by atoms with Gasteiger partial charge in [0, 0.05) is 26.2 Å². The third kappa shape index (κ3) is 4.10. The highest BCUT2D eigenvalue weighted by molar-refractivity contribution is 5.79. The van der Waals surface area contributed by atoms with Crippen LogP contribution in [0.4, 0.5) is 0 Å². The van der Waals surface area contributed by atoms with Crippen LogP contribution in [0.25, 0.3) is 0 Å². The van der Waals surface area contributed by atoms with Gasteiger partial charge in [0.15, 0.2) is 0 Å². The van der Waals surface area contributed by atoms with Crippen LogP contribution in [0, 0.1) is 5.92 Å². The van der Waals surface area contributed by atoms with Crippen LogP contribution in [0.15, 0.2) is 0 Å². The summed E-state index contributed by atoms with van der Waals surface area (Å²) in [5.41, 5.74) is 5.54. The smallest absolute Gasteiger partial charge is 0.228 e. The van der Waals surface area contributed by atoms with Gasteiger partial charge in [0.1, 0.15) is 0 Å².